The summed E-state index contributed by atoms with van der Waals surface area (Å²) >= 11 is 1.18. The minimum absolute atomic E-state index is 0.108. The third-order valence-corrected chi connectivity index (χ3v) is 2.81. The molecule has 0 spiro atoms. The molecule has 0 aromatic carbocycles. The van der Waals surface area contributed by atoms with Crippen LogP contribution < -0.4 is 16.4 Å². The Morgan fingerprint density at radius 1 is 1.73 bits per heavy atom. The van der Waals surface area contributed by atoms with Gasteiger partial charge in [-0.05, 0) is 6.92 Å². The molecule has 1 unspecified atom stereocenters. The molecule has 1 heterocycles. The summed E-state index contributed by atoms with van der Waals surface area (Å²) < 4.78 is 0. The van der Waals surface area contributed by atoms with Crippen molar-refractivity contribution in [3.8, 4) is 0 Å². The Labute approximate surface area is 91.5 Å². The van der Waals surface area contributed by atoms with Crippen LogP contribution in [-0.2, 0) is 0 Å². The summed E-state index contributed by atoms with van der Waals surface area (Å²) in [5.41, 5.74) is 5.57. The van der Waals surface area contributed by atoms with Gasteiger partial charge in [0.1, 0.15) is 10.7 Å². The largest absolute Gasteiger partial charge is 0.394 e. The first-order valence-electron chi connectivity index (χ1n) is 4.44. The summed E-state index contributed by atoms with van der Waals surface area (Å²) in [5.74, 6) is -0.111. The molecule has 7 heteroatoms. The molecule has 6 nitrogen and oxygen atoms in total. The zero-order valence-corrected chi connectivity index (χ0v) is 9.39. The van der Waals surface area contributed by atoms with E-state index in [9.17, 15) is 4.79 Å². The first kappa shape index (κ1) is 11.7. The van der Waals surface area contributed by atoms with Crippen molar-refractivity contribution in [1.29, 1.82) is 0 Å². The summed E-state index contributed by atoms with van der Waals surface area (Å²) in [7, 11) is 1.70. The van der Waals surface area contributed by atoms with Crippen molar-refractivity contribution in [3.63, 3.8) is 0 Å². The summed E-state index contributed by atoms with van der Waals surface area (Å²) in [6.07, 6.45) is 0. The van der Waals surface area contributed by atoms with E-state index in [1.54, 1.807) is 14.0 Å². The van der Waals surface area contributed by atoms with Gasteiger partial charge >= 0.3 is 0 Å². The number of carbonyl (C=O) groups is 1. The molecule has 15 heavy (non-hydrogen) atoms. The average molecular weight is 230 g/mol. The topological polar surface area (TPSA) is 100 Å². The van der Waals surface area contributed by atoms with E-state index in [0.717, 1.165) is 0 Å². The molecule has 0 aliphatic heterocycles. The standard InChI is InChI=1S/C8H14N4O2S/c1-4(3-13)11-7(14)5-6(9)12-8(10-2)15-5/h4,13H,3,9H2,1-2H3,(H,10,12)(H,11,14). The highest BCUT2D eigenvalue weighted by molar-refractivity contribution is 7.18. The van der Waals surface area contributed by atoms with Crippen LogP contribution in [0, 0.1) is 0 Å². The first-order chi connectivity index (χ1) is 7.08. The number of aromatic nitrogens is 1. The second-order valence-electron chi connectivity index (χ2n) is 3.04. The lowest BCUT2D eigenvalue weighted by molar-refractivity contribution is 0.0927. The van der Waals surface area contributed by atoms with Gasteiger partial charge in [0.15, 0.2) is 5.13 Å². The number of thiazole rings is 1. The number of aliphatic hydroxyl groups is 1. The molecule has 0 aliphatic carbocycles. The van der Waals surface area contributed by atoms with Gasteiger partial charge in [0.05, 0.1) is 6.61 Å². The minimum Gasteiger partial charge on any atom is -0.394 e. The molecular formula is C8H14N4O2S. The predicted octanol–water partition coefficient (Wildman–Crippen LogP) is -0.122. The maximum Gasteiger partial charge on any atom is 0.265 e. The number of nitrogen functional groups attached to an aromatic ring is 1. The van der Waals surface area contributed by atoms with Gasteiger partial charge in [-0.1, -0.05) is 11.3 Å². The van der Waals surface area contributed by atoms with Gasteiger partial charge in [-0.25, -0.2) is 4.98 Å². The average Bonchev–Trinajstić information content (AvgIpc) is 2.59. The number of anilines is 2. The number of nitrogens with two attached hydrogens (primary N) is 1. The highest BCUT2D eigenvalue weighted by Gasteiger charge is 2.16. The molecule has 0 saturated heterocycles. The van der Waals surface area contributed by atoms with E-state index < -0.39 is 0 Å². The van der Waals surface area contributed by atoms with E-state index in [4.69, 9.17) is 10.8 Å². The van der Waals surface area contributed by atoms with Crippen molar-refractivity contribution >= 4 is 28.2 Å². The van der Waals surface area contributed by atoms with Crippen LogP contribution >= 0.6 is 11.3 Å². The molecule has 1 atom stereocenters. The lowest BCUT2D eigenvalue weighted by atomic mass is 10.3. The van der Waals surface area contributed by atoms with Crippen LogP contribution in [0.25, 0.3) is 0 Å². The molecule has 0 radical (unpaired) electrons. The summed E-state index contributed by atoms with van der Waals surface area (Å²) in [6.45, 7) is 1.59. The van der Waals surface area contributed by atoms with Gasteiger partial charge in [0.2, 0.25) is 0 Å². The van der Waals surface area contributed by atoms with Crippen molar-refractivity contribution in [2.75, 3.05) is 24.7 Å². The molecule has 0 saturated carbocycles. The number of rotatable bonds is 4. The first-order valence-corrected chi connectivity index (χ1v) is 5.26. The van der Waals surface area contributed by atoms with Gasteiger partial charge in [-0.2, -0.15) is 0 Å². The molecule has 0 aliphatic rings. The van der Waals surface area contributed by atoms with Crippen LogP contribution in [0.1, 0.15) is 16.6 Å². The van der Waals surface area contributed by atoms with E-state index >= 15 is 0 Å². The third-order valence-electron chi connectivity index (χ3n) is 1.72. The van der Waals surface area contributed by atoms with Crippen molar-refractivity contribution in [3.05, 3.63) is 4.88 Å². The fourth-order valence-corrected chi connectivity index (χ4v) is 1.68. The predicted molar refractivity (Wildman–Crippen MR) is 60.1 cm³/mol. The van der Waals surface area contributed by atoms with Crippen LogP contribution in [0.2, 0.25) is 0 Å². The quantitative estimate of drug-likeness (QED) is 0.577. The molecule has 1 aromatic rings. The molecule has 1 aromatic heterocycles. The number of nitrogens with one attached hydrogen (secondary N) is 2. The molecule has 1 rings (SSSR count). The van der Waals surface area contributed by atoms with Crippen LogP contribution in [0.5, 0.6) is 0 Å². The Morgan fingerprint density at radius 2 is 2.40 bits per heavy atom. The lowest BCUT2D eigenvalue weighted by Crippen LogP contribution is -2.34. The Balaban J connectivity index is 2.77. The number of hydrogen-bond acceptors (Lipinski definition) is 6. The van der Waals surface area contributed by atoms with Crippen molar-refractivity contribution < 1.29 is 9.90 Å². The zero-order chi connectivity index (χ0) is 11.4. The summed E-state index contributed by atoms with van der Waals surface area (Å²) in [6, 6.07) is -0.294. The zero-order valence-electron chi connectivity index (χ0n) is 8.57. The van der Waals surface area contributed by atoms with Gasteiger partial charge in [-0.15, -0.1) is 0 Å². The van der Waals surface area contributed by atoms with E-state index in [0.29, 0.717) is 10.0 Å². The SMILES string of the molecule is CNc1nc(N)c(C(=O)NC(C)CO)s1. The van der Waals surface area contributed by atoms with Gasteiger partial charge in [0, 0.05) is 13.1 Å². The van der Waals surface area contributed by atoms with Crippen LogP contribution in [0.3, 0.4) is 0 Å². The number of hydrogen-bond donors (Lipinski definition) is 4. The van der Waals surface area contributed by atoms with E-state index in [1.807, 2.05) is 0 Å². The maximum atomic E-state index is 11.6. The maximum absolute atomic E-state index is 11.6. The highest BCUT2D eigenvalue weighted by Crippen LogP contribution is 2.24. The van der Waals surface area contributed by atoms with E-state index in [-0.39, 0.29) is 24.4 Å². The van der Waals surface area contributed by atoms with Crippen molar-refractivity contribution in [1.82, 2.24) is 10.3 Å². The summed E-state index contributed by atoms with van der Waals surface area (Å²) in [4.78, 5) is 15.9. The normalized spacial score (nSPS) is 12.2. The van der Waals surface area contributed by atoms with E-state index in [1.165, 1.54) is 11.3 Å². The fraction of sp³-hybridized carbons (Fsp3) is 0.500. The van der Waals surface area contributed by atoms with Crippen LogP contribution in [0.15, 0.2) is 0 Å². The number of carbonyl (C=O) groups excluding carboxylic acids is 1. The Bertz CT molecular complexity index is 352. The molecular weight excluding hydrogens is 216 g/mol. The van der Waals surface area contributed by atoms with Crippen molar-refractivity contribution in [2.24, 2.45) is 0 Å². The highest BCUT2D eigenvalue weighted by atomic mass is 32.1. The van der Waals surface area contributed by atoms with Crippen LogP contribution in [-0.4, -0.2) is 35.7 Å². The van der Waals surface area contributed by atoms with Crippen LogP contribution in [0.4, 0.5) is 10.9 Å². The van der Waals surface area contributed by atoms with E-state index in [2.05, 4.69) is 15.6 Å². The smallest absolute Gasteiger partial charge is 0.265 e. The second-order valence-corrected chi connectivity index (χ2v) is 4.04. The van der Waals surface area contributed by atoms with Gasteiger partial charge in [0.25, 0.3) is 5.91 Å². The Kier molecular flexibility index (Phi) is 3.87. The Morgan fingerprint density at radius 3 is 2.87 bits per heavy atom. The lowest BCUT2D eigenvalue weighted by Gasteiger charge is -2.09. The number of nitrogens with zero attached hydrogens (tertiary/aromatic N) is 1. The molecule has 84 valence electrons. The van der Waals surface area contributed by atoms with Crippen molar-refractivity contribution in [2.45, 2.75) is 13.0 Å². The Hall–Kier alpha value is -1.34. The number of aliphatic hydroxyl groups excluding tert-OH is 1. The number of amides is 1. The molecule has 0 fully saturated rings. The third kappa shape index (κ3) is 2.80. The van der Waals surface area contributed by atoms with Gasteiger partial charge < -0.3 is 21.5 Å². The fourth-order valence-electron chi connectivity index (χ4n) is 0.937. The molecule has 0 bridgehead atoms. The molecule has 1 amide bonds. The monoisotopic (exact) mass is 230 g/mol. The van der Waals surface area contributed by atoms with Gasteiger partial charge in [-0.3, -0.25) is 4.79 Å². The second kappa shape index (κ2) is 4.94. The minimum atomic E-state index is -0.312. The molecule has 5 N–H and O–H groups in total. The summed E-state index contributed by atoms with van der Waals surface area (Å²) in [5, 5.41) is 14.8.